The molecule has 0 aliphatic heterocycles. The molecule has 0 N–H and O–H groups in total. The molecule has 3 aliphatic rings. The van der Waals surface area contributed by atoms with Gasteiger partial charge in [-0.25, -0.2) is 29.9 Å². The molecule has 0 unspecified atom stereocenters. The van der Waals surface area contributed by atoms with E-state index in [0.717, 1.165) is 44.2 Å². The highest BCUT2D eigenvalue weighted by molar-refractivity contribution is 6.11. The van der Waals surface area contributed by atoms with E-state index in [1.165, 1.54) is 77.5 Å². The van der Waals surface area contributed by atoms with Crippen LogP contribution in [-0.4, -0.2) is 29.9 Å². The van der Waals surface area contributed by atoms with Crippen LogP contribution in [0.5, 0.6) is 0 Å². The van der Waals surface area contributed by atoms with Crippen LogP contribution >= 0.6 is 0 Å². The normalized spacial score (nSPS) is 14.7. The molecule has 0 fully saturated rings. The molecule has 6 heteroatoms. The number of aromatic nitrogens is 6. The molecule has 12 aromatic rings. The van der Waals surface area contributed by atoms with Crippen LogP contribution < -0.4 is 0 Å². The van der Waals surface area contributed by atoms with Crippen LogP contribution in [0.2, 0.25) is 0 Å². The predicted molar refractivity (Wildman–Crippen MR) is 314 cm³/mol. The summed E-state index contributed by atoms with van der Waals surface area (Å²) in [5.74, 6) is 3.96. The topological polar surface area (TPSA) is 77.3 Å². The largest absolute Gasteiger partial charge is 0.208 e. The second kappa shape index (κ2) is 16.4. The first-order valence-electron chi connectivity index (χ1n) is 26.7. The van der Waals surface area contributed by atoms with Crippen LogP contribution in [0.4, 0.5) is 0 Å². The predicted octanol–water partition coefficient (Wildman–Crippen LogP) is 17.3. The Balaban J connectivity index is 0.882. The van der Waals surface area contributed by atoms with Crippen molar-refractivity contribution >= 4 is 21.5 Å². The summed E-state index contributed by atoms with van der Waals surface area (Å²) in [4.78, 5) is 31.1. The molecule has 15 rings (SSSR count). The maximum absolute atomic E-state index is 5.26. The average molecular weight is 989 g/mol. The molecule has 0 saturated carbocycles. The highest BCUT2D eigenvalue weighted by Crippen LogP contribution is 2.61. The third-order valence-electron chi connectivity index (χ3n) is 17.2. The SMILES string of the molecule is CC1(C)c2cc3c(cc2-c2cc4c(cc21)-c1c(cc(-c2nc(-c5ccccc5)nc(-c5ccccc5)n2)c2ccccc12)C4(C)C)C(C)(C)c1cc(-c2nc(-c4ccccc4)nc(-c4ccccc4)n2)c2ccccc2c1-3. The van der Waals surface area contributed by atoms with Crippen molar-refractivity contribution in [2.45, 2.75) is 57.8 Å². The van der Waals surface area contributed by atoms with E-state index in [1.807, 2.05) is 72.8 Å². The number of nitrogens with zero attached hydrogens (tertiary/aromatic N) is 6. The quantitative estimate of drug-likeness (QED) is 0.165. The summed E-state index contributed by atoms with van der Waals surface area (Å²) in [7, 11) is 0. The van der Waals surface area contributed by atoms with E-state index >= 15 is 0 Å². The van der Waals surface area contributed by atoms with Gasteiger partial charge in [0, 0.05) is 49.6 Å². The number of hydrogen-bond acceptors (Lipinski definition) is 6. The molecule has 77 heavy (non-hydrogen) atoms. The summed E-state index contributed by atoms with van der Waals surface area (Å²) in [6, 6.07) is 73.6. The molecule has 2 heterocycles. The maximum atomic E-state index is 5.26. The minimum Gasteiger partial charge on any atom is -0.208 e. The minimum absolute atomic E-state index is 0.279. The Morgan fingerprint density at radius 1 is 0.221 bits per heavy atom. The summed E-state index contributed by atoms with van der Waals surface area (Å²) in [6.07, 6.45) is 0. The van der Waals surface area contributed by atoms with Gasteiger partial charge in [-0.15, -0.1) is 0 Å². The van der Waals surface area contributed by atoms with E-state index in [0.29, 0.717) is 34.9 Å². The lowest BCUT2D eigenvalue weighted by Crippen LogP contribution is -2.17. The van der Waals surface area contributed by atoms with Gasteiger partial charge in [-0.3, -0.25) is 0 Å². The average Bonchev–Trinajstić information content (AvgIpc) is 4.13. The molecule has 2 aromatic heterocycles. The highest BCUT2D eigenvalue weighted by Gasteiger charge is 2.46. The molecule has 0 bridgehead atoms. The van der Waals surface area contributed by atoms with Crippen molar-refractivity contribution in [1.82, 2.24) is 29.9 Å². The van der Waals surface area contributed by atoms with Crippen LogP contribution in [0.25, 0.3) is 123 Å². The van der Waals surface area contributed by atoms with Crippen molar-refractivity contribution < 1.29 is 0 Å². The minimum atomic E-state index is -0.333. The second-order valence-corrected chi connectivity index (χ2v) is 22.6. The molecule has 10 aromatic carbocycles. The highest BCUT2D eigenvalue weighted by atomic mass is 15.0. The van der Waals surface area contributed by atoms with Gasteiger partial charge in [0.2, 0.25) is 0 Å². The summed E-state index contributed by atoms with van der Waals surface area (Å²) >= 11 is 0. The number of hydrogen-bond donors (Lipinski definition) is 0. The molecule has 6 nitrogen and oxygen atoms in total. The number of fused-ring (bicyclic) bond motifs is 13. The zero-order valence-corrected chi connectivity index (χ0v) is 43.8. The van der Waals surface area contributed by atoms with Crippen molar-refractivity contribution in [2.75, 3.05) is 0 Å². The molecule has 0 atom stereocenters. The first kappa shape index (κ1) is 45.2. The second-order valence-electron chi connectivity index (χ2n) is 22.6. The standard InChI is InChI=1S/C71H52N6/c1-69(2)55-39-53-57(70(3,4)59-37-51(45-31-19-21-33-47(45)61(53)59)67-74-63(41-23-11-7-12-24-41)72-64(75-67)42-25-13-8-14-26-42)35-49(55)50-36-58-54(40-56(50)69)62-48-34-22-20-32-46(48)52(38-60(62)71(58,5)6)68-76-65(43-27-15-9-16-28-43)73-66(77-68)44-29-17-10-18-30-44/h7-40H,1-6H3. The lowest BCUT2D eigenvalue weighted by molar-refractivity contribution is 0.649. The van der Waals surface area contributed by atoms with Crippen molar-refractivity contribution in [3.63, 3.8) is 0 Å². The van der Waals surface area contributed by atoms with Gasteiger partial charge in [0.05, 0.1) is 0 Å². The zero-order chi connectivity index (χ0) is 52.0. The molecular weight excluding hydrogens is 937 g/mol. The Labute approximate surface area is 448 Å². The van der Waals surface area contributed by atoms with Gasteiger partial charge in [-0.05, 0) is 125 Å². The van der Waals surface area contributed by atoms with Crippen molar-refractivity contribution in [3.05, 3.63) is 240 Å². The molecule has 0 saturated heterocycles. The lowest BCUT2D eigenvalue weighted by atomic mass is 9.78. The Morgan fingerprint density at radius 3 is 0.779 bits per heavy atom. The molecule has 0 radical (unpaired) electrons. The van der Waals surface area contributed by atoms with E-state index in [9.17, 15) is 0 Å². The fraction of sp³-hybridized carbons (Fsp3) is 0.127. The molecular formula is C71H52N6. The van der Waals surface area contributed by atoms with Crippen LogP contribution in [0.1, 0.15) is 74.9 Å². The first-order valence-corrected chi connectivity index (χ1v) is 26.7. The summed E-state index contributed by atoms with van der Waals surface area (Å²) < 4.78 is 0. The van der Waals surface area contributed by atoms with Gasteiger partial charge in [0.15, 0.2) is 34.9 Å². The lowest BCUT2D eigenvalue weighted by Gasteiger charge is -2.25. The van der Waals surface area contributed by atoms with E-state index in [1.54, 1.807) is 0 Å². The summed E-state index contributed by atoms with van der Waals surface area (Å²) in [5.41, 5.74) is 20.7. The third kappa shape index (κ3) is 6.67. The van der Waals surface area contributed by atoms with E-state index in [-0.39, 0.29) is 16.2 Å². The Morgan fingerprint density at radius 2 is 0.455 bits per heavy atom. The van der Waals surface area contributed by atoms with Crippen molar-refractivity contribution in [1.29, 1.82) is 0 Å². The van der Waals surface area contributed by atoms with E-state index in [4.69, 9.17) is 29.9 Å². The van der Waals surface area contributed by atoms with Gasteiger partial charge in [-0.2, -0.15) is 0 Å². The fourth-order valence-corrected chi connectivity index (χ4v) is 13.1. The molecule has 3 aliphatic carbocycles. The third-order valence-corrected chi connectivity index (χ3v) is 17.2. The molecule has 0 amide bonds. The molecule has 366 valence electrons. The maximum Gasteiger partial charge on any atom is 0.164 e. The summed E-state index contributed by atoms with van der Waals surface area (Å²) in [5, 5.41) is 4.66. The van der Waals surface area contributed by atoms with Crippen LogP contribution in [0.15, 0.2) is 206 Å². The number of rotatable bonds is 6. The fourth-order valence-electron chi connectivity index (χ4n) is 13.1. The van der Waals surface area contributed by atoms with Gasteiger partial charge >= 0.3 is 0 Å². The number of benzene rings is 10. The summed E-state index contributed by atoms with van der Waals surface area (Å²) in [6.45, 7) is 14.4. The van der Waals surface area contributed by atoms with Gasteiger partial charge in [0.25, 0.3) is 0 Å². The van der Waals surface area contributed by atoms with Gasteiger partial charge in [0.1, 0.15) is 0 Å². The first-order chi connectivity index (χ1) is 37.4. The van der Waals surface area contributed by atoms with Crippen LogP contribution in [-0.2, 0) is 16.2 Å². The molecule has 0 spiro atoms. The Bertz CT molecular complexity index is 4050. The van der Waals surface area contributed by atoms with Crippen molar-refractivity contribution in [2.24, 2.45) is 0 Å². The van der Waals surface area contributed by atoms with Crippen molar-refractivity contribution in [3.8, 4) is 102 Å². The van der Waals surface area contributed by atoms with E-state index in [2.05, 4.69) is 175 Å². The van der Waals surface area contributed by atoms with Gasteiger partial charge in [-0.1, -0.05) is 211 Å². The van der Waals surface area contributed by atoms with Gasteiger partial charge < -0.3 is 0 Å². The Hall–Kier alpha value is -9.26. The van der Waals surface area contributed by atoms with E-state index < -0.39 is 0 Å². The smallest absolute Gasteiger partial charge is 0.164 e. The monoisotopic (exact) mass is 988 g/mol. The van der Waals surface area contributed by atoms with Crippen LogP contribution in [0.3, 0.4) is 0 Å². The zero-order valence-electron chi connectivity index (χ0n) is 43.8. The Kier molecular flexibility index (Phi) is 9.60. The van der Waals surface area contributed by atoms with Crippen LogP contribution in [0, 0.1) is 0 Å².